The molecule has 17 nitrogen and oxygen atoms in total. The molecule has 2 saturated heterocycles. The summed E-state index contributed by atoms with van der Waals surface area (Å²) in [4.78, 5) is 35.4. The van der Waals surface area contributed by atoms with Crippen molar-refractivity contribution in [2.75, 3.05) is 25.9 Å². The minimum absolute atomic E-state index is 0.0364. The lowest BCUT2D eigenvalue weighted by Crippen LogP contribution is -2.64. The number of carboxylic acid groups (broad SMARTS) is 1. The molecule has 0 unspecified atom stereocenters. The lowest BCUT2D eigenvalue weighted by molar-refractivity contribution is -0.228. The number of ether oxygens (including phenoxy) is 2. The van der Waals surface area contributed by atoms with Crippen LogP contribution in [-0.2, 0) is 31.6 Å². The fourth-order valence-corrected chi connectivity index (χ4v) is 7.27. The fraction of sp³-hybridized carbons (Fsp3) is 0.419. The largest absolute Gasteiger partial charge is 0.479 e. The number of aliphatic hydroxyl groups excluding tert-OH is 2. The number of carboxylic acids is 1. The predicted molar refractivity (Wildman–Crippen MR) is 170 cm³/mol. The number of para-hydroxylation sites is 1. The Hall–Kier alpha value is -4.93. The van der Waals surface area contributed by atoms with Gasteiger partial charge in [0, 0.05) is 55.5 Å². The second-order valence-corrected chi connectivity index (χ2v) is 14.3. The first-order chi connectivity index (χ1) is 23.4. The van der Waals surface area contributed by atoms with Gasteiger partial charge in [0.15, 0.2) is 11.8 Å². The van der Waals surface area contributed by atoms with Gasteiger partial charge in [-0.3, -0.25) is 9.25 Å². The van der Waals surface area contributed by atoms with E-state index in [0.717, 1.165) is 0 Å². The number of carbonyl (C=O) groups is 2. The van der Waals surface area contributed by atoms with Crippen molar-refractivity contribution < 1.29 is 42.8 Å². The molecule has 0 saturated carbocycles. The average Bonchev–Trinajstić information content (AvgIpc) is 3.73. The van der Waals surface area contributed by atoms with Crippen molar-refractivity contribution in [3.05, 3.63) is 60.8 Å². The summed E-state index contributed by atoms with van der Waals surface area (Å²) in [5.74, 6) is -1.17. The van der Waals surface area contributed by atoms with Crippen LogP contribution >= 0.6 is 0 Å². The number of hydrogen-bond donors (Lipinski definition) is 3. The molecule has 4 aromatic rings. The summed E-state index contributed by atoms with van der Waals surface area (Å²) in [6.45, 7) is 1.90. The van der Waals surface area contributed by atoms with Gasteiger partial charge in [0.2, 0.25) is 16.3 Å². The van der Waals surface area contributed by atoms with Crippen LogP contribution in [0.5, 0.6) is 5.75 Å². The SMILES string of the molecule is CCS(=O)(=O)N1CC(CC#N)(n2cc(-c3ncnc4c3ccn4C(=O)N(C)Cc3ccccc3O[C@H]3C[C@@H](O)[C@H](O)[C@@H](C(=O)O)O3)cn2)C1. The Bertz CT molecular complexity index is 2030. The van der Waals surface area contributed by atoms with Gasteiger partial charge in [-0.15, -0.1) is 0 Å². The van der Waals surface area contributed by atoms with Gasteiger partial charge in [-0.1, -0.05) is 18.2 Å². The van der Waals surface area contributed by atoms with Crippen molar-refractivity contribution in [3.63, 3.8) is 0 Å². The van der Waals surface area contributed by atoms with E-state index in [1.807, 2.05) is 0 Å². The topological polar surface area (TPSA) is 226 Å². The monoisotopic (exact) mass is 694 g/mol. The second-order valence-electron chi connectivity index (χ2n) is 12.0. The van der Waals surface area contributed by atoms with Crippen LogP contribution in [0.25, 0.3) is 22.3 Å². The number of aliphatic carboxylic acids is 1. The Balaban J connectivity index is 1.20. The molecule has 3 aromatic heterocycles. The third-order valence-corrected chi connectivity index (χ3v) is 10.6. The van der Waals surface area contributed by atoms with E-state index in [4.69, 9.17) is 9.47 Å². The Morgan fingerprint density at radius 3 is 2.67 bits per heavy atom. The summed E-state index contributed by atoms with van der Waals surface area (Å²) in [6, 6.07) is 10.2. The van der Waals surface area contributed by atoms with E-state index < -0.39 is 52.2 Å². The van der Waals surface area contributed by atoms with E-state index >= 15 is 0 Å². The molecule has 2 aliphatic heterocycles. The molecule has 18 heteroatoms. The highest BCUT2D eigenvalue weighted by Gasteiger charge is 2.50. The van der Waals surface area contributed by atoms with Gasteiger partial charge in [-0.2, -0.15) is 14.7 Å². The van der Waals surface area contributed by atoms with E-state index in [2.05, 4.69) is 21.1 Å². The molecule has 2 aliphatic rings. The highest BCUT2D eigenvalue weighted by Crippen LogP contribution is 2.36. The number of hydrogen-bond acceptors (Lipinski definition) is 12. The van der Waals surface area contributed by atoms with Crippen LogP contribution in [0.1, 0.15) is 25.3 Å². The first-order valence-electron chi connectivity index (χ1n) is 15.3. The summed E-state index contributed by atoms with van der Waals surface area (Å²) >= 11 is 0. The number of amides is 1. The molecule has 5 heterocycles. The Morgan fingerprint density at radius 2 is 1.96 bits per heavy atom. The van der Waals surface area contributed by atoms with Crippen LogP contribution in [0.3, 0.4) is 0 Å². The number of nitriles is 1. The lowest BCUT2D eigenvalue weighted by atomic mass is 9.89. The molecule has 1 amide bonds. The van der Waals surface area contributed by atoms with Crippen LogP contribution in [-0.4, -0.2) is 120 Å². The smallest absolute Gasteiger partial charge is 0.335 e. The number of aromatic nitrogens is 5. The zero-order valence-corrected chi connectivity index (χ0v) is 27.3. The number of benzene rings is 1. The van der Waals surface area contributed by atoms with Gasteiger partial charge in [0.25, 0.3) is 0 Å². The summed E-state index contributed by atoms with van der Waals surface area (Å²) in [7, 11) is -1.82. The molecule has 0 aliphatic carbocycles. The van der Waals surface area contributed by atoms with Crippen molar-refractivity contribution in [2.24, 2.45) is 0 Å². The van der Waals surface area contributed by atoms with E-state index in [1.54, 1.807) is 67.6 Å². The quantitative estimate of drug-likeness (QED) is 0.211. The summed E-state index contributed by atoms with van der Waals surface area (Å²) < 4.78 is 40.3. The standard InChI is InChI=1S/C31H34N8O9S/c1-3-49(45,46)37-16-31(17-37,9-10-32)39-15-20(13-35-39)25-21-8-11-38(28(21)34-18-33-25)30(44)36(2)14-19-6-4-5-7-23(19)47-24-12-22(40)26(41)27(48-24)29(42)43/h4-8,11,13,15,18,22,24,26-27,40-41H,3,9,12,14,16-17H2,1-2H3,(H,42,43)/t22-,24-,26+,27+/m1/s1. The van der Waals surface area contributed by atoms with Gasteiger partial charge in [-0.25, -0.2) is 28.0 Å². The Morgan fingerprint density at radius 1 is 1.20 bits per heavy atom. The molecule has 3 N–H and O–H groups in total. The molecule has 4 atom stereocenters. The summed E-state index contributed by atoms with van der Waals surface area (Å²) in [5, 5.41) is 44.0. The zero-order valence-electron chi connectivity index (χ0n) is 26.5. The molecular weight excluding hydrogens is 660 g/mol. The number of nitrogens with zero attached hydrogens (tertiary/aromatic N) is 8. The van der Waals surface area contributed by atoms with Crippen molar-refractivity contribution in [1.82, 2.24) is 33.5 Å². The number of aliphatic hydroxyl groups is 2. The Labute approximate surface area is 280 Å². The fourth-order valence-electron chi connectivity index (χ4n) is 6.03. The molecular formula is C31H34N8O9S. The van der Waals surface area contributed by atoms with Crippen LogP contribution < -0.4 is 4.74 Å². The van der Waals surface area contributed by atoms with E-state index in [0.29, 0.717) is 33.6 Å². The molecule has 258 valence electrons. The number of fused-ring (bicyclic) bond motifs is 1. The maximum atomic E-state index is 13.7. The van der Waals surface area contributed by atoms with Crippen molar-refractivity contribution in [2.45, 2.75) is 56.5 Å². The lowest BCUT2D eigenvalue weighted by Gasteiger charge is -2.47. The first kappa shape index (κ1) is 34.0. The number of carbonyl (C=O) groups excluding carboxylic acids is 1. The van der Waals surface area contributed by atoms with Gasteiger partial charge < -0.3 is 29.7 Å². The third-order valence-electron chi connectivity index (χ3n) is 8.78. The van der Waals surface area contributed by atoms with Crippen molar-refractivity contribution in [1.29, 1.82) is 5.26 Å². The summed E-state index contributed by atoms with van der Waals surface area (Å²) in [5.41, 5.74) is 1.18. The van der Waals surface area contributed by atoms with E-state index in [9.17, 15) is 38.6 Å². The van der Waals surface area contributed by atoms with Crippen LogP contribution in [0.4, 0.5) is 4.79 Å². The van der Waals surface area contributed by atoms with Gasteiger partial charge in [-0.05, 0) is 19.1 Å². The zero-order chi connectivity index (χ0) is 35.1. The first-order valence-corrected chi connectivity index (χ1v) is 16.9. The third kappa shape index (κ3) is 6.34. The highest BCUT2D eigenvalue weighted by atomic mass is 32.2. The molecule has 0 radical (unpaired) electrons. The van der Waals surface area contributed by atoms with Gasteiger partial charge >= 0.3 is 12.0 Å². The Kier molecular flexibility index (Phi) is 9.13. The van der Waals surface area contributed by atoms with Crippen LogP contribution in [0.2, 0.25) is 0 Å². The normalized spacial score (nSPS) is 22.3. The average molecular weight is 695 g/mol. The molecule has 6 rings (SSSR count). The minimum Gasteiger partial charge on any atom is -0.479 e. The van der Waals surface area contributed by atoms with E-state index in [1.165, 1.54) is 20.1 Å². The highest BCUT2D eigenvalue weighted by molar-refractivity contribution is 7.89. The molecule has 0 spiro atoms. The van der Waals surface area contributed by atoms with Crippen LogP contribution in [0, 0.1) is 11.3 Å². The summed E-state index contributed by atoms with van der Waals surface area (Å²) in [6.07, 6.45) is 0.294. The predicted octanol–water partition coefficient (Wildman–Crippen LogP) is 0.969. The van der Waals surface area contributed by atoms with Crippen molar-refractivity contribution >= 4 is 33.1 Å². The minimum atomic E-state index is -3.41. The molecule has 1 aromatic carbocycles. The molecule has 49 heavy (non-hydrogen) atoms. The van der Waals surface area contributed by atoms with Gasteiger partial charge in [0.1, 0.15) is 23.7 Å². The van der Waals surface area contributed by atoms with E-state index in [-0.39, 0.29) is 38.2 Å². The molecule has 0 bridgehead atoms. The maximum absolute atomic E-state index is 13.7. The number of rotatable bonds is 10. The van der Waals surface area contributed by atoms with Crippen LogP contribution in [0.15, 0.2) is 55.2 Å². The second kappa shape index (κ2) is 13.2. The molecule has 2 fully saturated rings. The van der Waals surface area contributed by atoms with Crippen molar-refractivity contribution in [3.8, 4) is 23.1 Å². The maximum Gasteiger partial charge on any atom is 0.335 e. The number of sulfonamides is 1. The van der Waals surface area contributed by atoms with Gasteiger partial charge in [0.05, 0.1) is 42.8 Å².